The first kappa shape index (κ1) is 22.4. The van der Waals surface area contributed by atoms with Gasteiger partial charge < -0.3 is 14.4 Å². The lowest BCUT2D eigenvalue weighted by molar-refractivity contribution is 0.0734. The van der Waals surface area contributed by atoms with Gasteiger partial charge in [-0.2, -0.15) is 5.10 Å². The van der Waals surface area contributed by atoms with Crippen molar-refractivity contribution >= 4 is 5.91 Å². The number of fused-ring (bicyclic) bond motifs is 4. The van der Waals surface area contributed by atoms with Gasteiger partial charge in [0.1, 0.15) is 0 Å². The van der Waals surface area contributed by atoms with Crippen LogP contribution < -0.4 is 9.47 Å². The molecule has 0 unspecified atom stereocenters. The van der Waals surface area contributed by atoms with E-state index < -0.39 is 0 Å². The second-order valence-corrected chi connectivity index (χ2v) is 9.47. The Bertz CT molecular complexity index is 1440. The van der Waals surface area contributed by atoms with Crippen LogP contribution in [0.5, 0.6) is 11.5 Å². The molecule has 6 heteroatoms. The summed E-state index contributed by atoms with van der Waals surface area (Å²) in [6.07, 6.45) is 3.95. The standard InChI is InChI=1S/C30H29N3O3/c1-35-26-16-22-14-15-33(18-23(22)17-27(26)36-2)30(34)21-12-10-20(11-13-21)28-25-9-5-7-19-6-3-4-8-24(19)29(25)32-31-28/h3-4,6,8,10-13,16-17H,5,7,9,14-15,18H2,1-2H3,(H,31,32). The van der Waals surface area contributed by atoms with Crippen molar-refractivity contribution in [2.45, 2.75) is 32.2 Å². The number of amides is 1. The number of aromatic amines is 1. The Hall–Kier alpha value is -4.06. The number of benzene rings is 3. The van der Waals surface area contributed by atoms with Crippen LogP contribution in [0.3, 0.4) is 0 Å². The van der Waals surface area contributed by atoms with Gasteiger partial charge in [0.2, 0.25) is 0 Å². The summed E-state index contributed by atoms with van der Waals surface area (Å²) in [6.45, 7) is 1.23. The summed E-state index contributed by atoms with van der Waals surface area (Å²) in [4.78, 5) is 15.3. The SMILES string of the molecule is COc1cc2c(cc1OC)CN(C(=O)c1ccc(-c3n[nH]c4c3CCCc3ccccc3-4)cc1)CC2. The Morgan fingerprint density at radius 3 is 2.42 bits per heavy atom. The second-order valence-electron chi connectivity index (χ2n) is 9.47. The minimum Gasteiger partial charge on any atom is -0.493 e. The maximum atomic E-state index is 13.3. The lowest BCUT2D eigenvalue weighted by Gasteiger charge is -2.29. The number of rotatable bonds is 4. The van der Waals surface area contributed by atoms with E-state index in [9.17, 15) is 4.79 Å². The van der Waals surface area contributed by atoms with Crippen LogP contribution in [-0.4, -0.2) is 41.8 Å². The molecule has 1 aliphatic carbocycles. The van der Waals surface area contributed by atoms with Gasteiger partial charge in [0.05, 0.1) is 25.6 Å². The summed E-state index contributed by atoms with van der Waals surface area (Å²) in [6, 6.07) is 20.5. The van der Waals surface area contributed by atoms with Crippen molar-refractivity contribution in [3.63, 3.8) is 0 Å². The largest absolute Gasteiger partial charge is 0.493 e. The Kier molecular flexibility index (Phi) is 5.72. The number of H-pyrrole nitrogens is 1. The molecule has 1 aliphatic heterocycles. The first-order valence-corrected chi connectivity index (χ1v) is 12.4. The molecule has 1 N–H and O–H groups in total. The number of nitrogens with one attached hydrogen (secondary N) is 1. The fraction of sp³-hybridized carbons (Fsp3) is 0.267. The van der Waals surface area contributed by atoms with E-state index in [1.165, 1.54) is 22.3 Å². The van der Waals surface area contributed by atoms with E-state index in [4.69, 9.17) is 9.47 Å². The number of hydrogen-bond donors (Lipinski definition) is 1. The second kappa shape index (κ2) is 9.19. The van der Waals surface area contributed by atoms with Gasteiger partial charge in [0.15, 0.2) is 11.5 Å². The summed E-state index contributed by atoms with van der Waals surface area (Å²) >= 11 is 0. The zero-order chi connectivity index (χ0) is 24.6. The molecule has 0 spiro atoms. The third kappa shape index (κ3) is 3.83. The highest BCUT2D eigenvalue weighted by atomic mass is 16.5. The fourth-order valence-electron chi connectivity index (χ4n) is 5.52. The number of nitrogens with zero attached hydrogens (tertiary/aromatic N) is 2. The average Bonchev–Trinajstić information content (AvgIpc) is 3.26. The Labute approximate surface area is 210 Å². The molecule has 0 saturated carbocycles. The van der Waals surface area contributed by atoms with Gasteiger partial charge in [0, 0.05) is 35.3 Å². The van der Waals surface area contributed by atoms with Crippen LogP contribution in [0.4, 0.5) is 0 Å². The summed E-state index contributed by atoms with van der Waals surface area (Å²) in [5.74, 6) is 1.46. The van der Waals surface area contributed by atoms with Crippen LogP contribution in [0.15, 0.2) is 60.7 Å². The first-order chi connectivity index (χ1) is 17.7. The zero-order valence-electron chi connectivity index (χ0n) is 20.6. The van der Waals surface area contributed by atoms with E-state index in [0.29, 0.717) is 24.4 Å². The molecule has 0 saturated heterocycles. The molecular weight excluding hydrogens is 450 g/mol. The summed E-state index contributed by atoms with van der Waals surface area (Å²) in [5, 5.41) is 7.98. The van der Waals surface area contributed by atoms with Gasteiger partial charge in [0.25, 0.3) is 5.91 Å². The molecular formula is C30H29N3O3. The minimum absolute atomic E-state index is 0.0387. The van der Waals surface area contributed by atoms with Gasteiger partial charge >= 0.3 is 0 Å². The minimum atomic E-state index is 0.0387. The normalized spacial score (nSPS) is 14.3. The van der Waals surface area contributed by atoms with Crippen LogP contribution in [0.1, 0.15) is 39.0 Å². The molecule has 4 aromatic rings. The lowest BCUT2D eigenvalue weighted by Crippen LogP contribution is -2.36. The van der Waals surface area contributed by atoms with Crippen molar-refractivity contribution < 1.29 is 14.3 Å². The van der Waals surface area contributed by atoms with Crippen molar-refractivity contribution in [1.29, 1.82) is 0 Å². The highest BCUT2D eigenvalue weighted by Crippen LogP contribution is 2.37. The van der Waals surface area contributed by atoms with Crippen molar-refractivity contribution in [3.8, 4) is 34.0 Å². The highest BCUT2D eigenvalue weighted by molar-refractivity contribution is 5.95. The van der Waals surface area contributed by atoms with Gasteiger partial charge in [-0.15, -0.1) is 0 Å². The fourth-order valence-corrected chi connectivity index (χ4v) is 5.52. The van der Waals surface area contributed by atoms with E-state index >= 15 is 0 Å². The number of carbonyl (C=O) groups is 1. The molecule has 0 radical (unpaired) electrons. The third-order valence-electron chi connectivity index (χ3n) is 7.44. The molecule has 6 rings (SSSR count). The van der Waals surface area contributed by atoms with Crippen LogP contribution in [-0.2, 0) is 25.8 Å². The molecule has 0 atom stereocenters. The Morgan fingerprint density at radius 2 is 1.64 bits per heavy atom. The van der Waals surface area contributed by atoms with Gasteiger partial charge in [-0.1, -0.05) is 36.4 Å². The van der Waals surface area contributed by atoms with E-state index in [0.717, 1.165) is 53.9 Å². The quantitative estimate of drug-likeness (QED) is 0.423. The zero-order valence-corrected chi connectivity index (χ0v) is 20.6. The monoisotopic (exact) mass is 479 g/mol. The molecule has 36 heavy (non-hydrogen) atoms. The number of aryl methyl sites for hydroxylation is 1. The van der Waals surface area contributed by atoms with Gasteiger partial charge in [-0.25, -0.2) is 0 Å². The summed E-state index contributed by atoms with van der Waals surface area (Å²) < 4.78 is 10.9. The van der Waals surface area contributed by atoms with Crippen molar-refractivity contribution in [3.05, 3.63) is 88.5 Å². The van der Waals surface area contributed by atoms with E-state index in [2.05, 4.69) is 34.5 Å². The topological polar surface area (TPSA) is 67.5 Å². The van der Waals surface area contributed by atoms with Crippen molar-refractivity contribution in [1.82, 2.24) is 15.1 Å². The maximum Gasteiger partial charge on any atom is 0.254 e. The van der Waals surface area contributed by atoms with E-state index in [1.807, 2.05) is 41.3 Å². The molecule has 182 valence electrons. The number of hydrogen-bond acceptors (Lipinski definition) is 4. The Balaban J connectivity index is 1.24. The molecule has 2 heterocycles. The predicted molar refractivity (Wildman–Crippen MR) is 139 cm³/mol. The number of methoxy groups -OCH3 is 2. The summed E-state index contributed by atoms with van der Waals surface area (Å²) in [5.41, 5.74) is 10.00. The van der Waals surface area contributed by atoms with Crippen molar-refractivity contribution in [2.75, 3.05) is 20.8 Å². The van der Waals surface area contributed by atoms with Gasteiger partial charge in [-0.05, 0) is 66.6 Å². The van der Waals surface area contributed by atoms with Crippen LogP contribution in [0.2, 0.25) is 0 Å². The lowest BCUT2D eigenvalue weighted by atomic mass is 9.97. The van der Waals surface area contributed by atoms with Crippen LogP contribution >= 0.6 is 0 Å². The van der Waals surface area contributed by atoms with Crippen LogP contribution in [0, 0.1) is 0 Å². The predicted octanol–water partition coefficient (Wildman–Crippen LogP) is 5.45. The average molecular weight is 480 g/mol. The molecule has 0 bridgehead atoms. The highest BCUT2D eigenvalue weighted by Gasteiger charge is 2.25. The van der Waals surface area contributed by atoms with Gasteiger partial charge in [-0.3, -0.25) is 9.89 Å². The molecule has 2 aliphatic rings. The number of aromatic nitrogens is 2. The first-order valence-electron chi connectivity index (χ1n) is 12.4. The molecule has 3 aromatic carbocycles. The molecule has 1 amide bonds. The number of ether oxygens (including phenoxy) is 2. The number of carbonyl (C=O) groups excluding carboxylic acids is 1. The molecule has 1 aromatic heterocycles. The van der Waals surface area contributed by atoms with Crippen molar-refractivity contribution in [2.24, 2.45) is 0 Å². The molecule has 0 fully saturated rings. The van der Waals surface area contributed by atoms with E-state index in [1.54, 1.807) is 14.2 Å². The molecule has 6 nitrogen and oxygen atoms in total. The van der Waals surface area contributed by atoms with E-state index in [-0.39, 0.29) is 5.91 Å². The summed E-state index contributed by atoms with van der Waals surface area (Å²) in [7, 11) is 3.28. The maximum absolute atomic E-state index is 13.3. The smallest absolute Gasteiger partial charge is 0.254 e. The Morgan fingerprint density at radius 1 is 0.889 bits per heavy atom. The third-order valence-corrected chi connectivity index (χ3v) is 7.44. The van der Waals surface area contributed by atoms with Crippen LogP contribution in [0.25, 0.3) is 22.5 Å².